The van der Waals surface area contributed by atoms with Crippen molar-refractivity contribution in [1.82, 2.24) is 5.32 Å². The van der Waals surface area contributed by atoms with Crippen molar-refractivity contribution in [1.29, 1.82) is 0 Å². The van der Waals surface area contributed by atoms with Crippen molar-refractivity contribution in [2.45, 2.75) is 142 Å². The first-order chi connectivity index (χ1) is 20.7. The fourth-order valence-corrected chi connectivity index (χ4v) is 4.29. The molecule has 4 nitrogen and oxygen atoms in total. The van der Waals surface area contributed by atoms with Gasteiger partial charge >= 0.3 is 0 Å². The Morgan fingerprint density at radius 3 is 1.55 bits per heavy atom. The third-order valence-corrected chi connectivity index (χ3v) is 6.88. The van der Waals surface area contributed by atoms with E-state index in [0.29, 0.717) is 6.42 Å². The molecule has 0 fully saturated rings. The van der Waals surface area contributed by atoms with Gasteiger partial charge in [-0.05, 0) is 70.6 Å². The second kappa shape index (κ2) is 33.1. The van der Waals surface area contributed by atoms with Crippen molar-refractivity contribution in [2.24, 2.45) is 0 Å². The number of hydrogen-bond donors (Lipinski definition) is 3. The lowest BCUT2D eigenvalue weighted by Gasteiger charge is -2.20. The van der Waals surface area contributed by atoms with Crippen molar-refractivity contribution in [3.8, 4) is 0 Å². The SMILES string of the molecule is CC/C=C\C/C=C\C/C=C\C/C=C\C/C=C\C/C=C\CCCCCCC(=O)NC(CO)C(O)/C=C/CCCCCCC. The van der Waals surface area contributed by atoms with Crippen LogP contribution in [0.2, 0.25) is 0 Å². The largest absolute Gasteiger partial charge is 0.394 e. The van der Waals surface area contributed by atoms with Gasteiger partial charge in [-0.1, -0.05) is 137 Å². The minimum Gasteiger partial charge on any atom is -0.394 e. The van der Waals surface area contributed by atoms with Crippen LogP contribution in [0.1, 0.15) is 129 Å². The fraction of sp³-hybridized carbons (Fsp3) is 0.605. The van der Waals surface area contributed by atoms with Crippen LogP contribution in [0.15, 0.2) is 85.1 Å². The Balaban J connectivity index is 3.73. The van der Waals surface area contributed by atoms with Crippen LogP contribution in [0.4, 0.5) is 0 Å². The predicted octanol–water partition coefficient (Wildman–Crippen LogP) is 9.78. The highest BCUT2D eigenvalue weighted by Gasteiger charge is 2.17. The molecule has 0 aromatic carbocycles. The van der Waals surface area contributed by atoms with Crippen LogP contribution in [0.5, 0.6) is 0 Å². The van der Waals surface area contributed by atoms with Gasteiger partial charge in [0.2, 0.25) is 5.91 Å². The molecule has 3 N–H and O–H groups in total. The zero-order valence-corrected chi connectivity index (χ0v) is 27.0. The number of aliphatic hydroxyl groups is 2. The number of aliphatic hydroxyl groups excluding tert-OH is 2. The van der Waals surface area contributed by atoms with Gasteiger partial charge in [-0.15, -0.1) is 0 Å². The van der Waals surface area contributed by atoms with Gasteiger partial charge in [0.25, 0.3) is 0 Å². The van der Waals surface area contributed by atoms with Gasteiger partial charge in [0.05, 0.1) is 18.8 Å². The van der Waals surface area contributed by atoms with Crippen LogP contribution in [0, 0.1) is 0 Å². The molecule has 238 valence electrons. The minimum atomic E-state index is -0.851. The van der Waals surface area contributed by atoms with E-state index in [1.54, 1.807) is 6.08 Å². The van der Waals surface area contributed by atoms with Crippen molar-refractivity contribution in [2.75, 3.05) is 6.61 Å². The average Bonchev–Trinajstić information content (AvgIpc) is 2.99. The molecule has 0 saturated heterocycles. The number of carbonyl (C=O) groups is 1. The maximum absolute atomic E-state index is 12.2. The molecule has 1 amide bonds. The first-order valence-electron chi connectivity index (χ1n) is 16.8. The Morgan fingerprint density at radius 1 is 0.595 bits per heavy atom. The van der Waals surface area contributed by atoms with Gasteiger partial charge in [-0.25, -0.2) is 0 Å². The molecule has 0 aliphatic carbocycles. The fourth-order valence-electron chi connectivity index (χ4n) is 4.29. The Kier molecular flexibility index (Phi) is 31.2. The molecule has 2 unspecified atom stereocenters. The molecule has 0 bridgehead atoms. The Hall–Kier alpha value is -2.43. The lowest BCUT2D eigenvalue weighted by molar-refractivity contribution is -0.123. The molecular formula is C38H63NO3. The van der Waals surface area contributed by atoms with Gasteiger partial charge in [0, 0.05) is 6.42 Å². The Morgan fingerprint density at radius 2 is 1.05 bits per heavy atom. The number of rotatable bonds is 28. The van der Waals surface area contributed by atoms with Crippen molar-refractivity contribution in [3.05, 3.63) is 85.1 Å². The number of unbranched alkanes of at least 4 members (excludes halogenated alkanes) is 9. The van der Waals surface area contributed by atoms with E-state index in [1.807, 2.05) is 6.08 Å². The predicted molar refractivity (Wildman–Crippen MR) is 183 cm³/mol. The standard InChI is InChI=1S/C38H63NO3/c1-3-5-7-9-11-12-13-14-15-16-17-18-19-20-21-22-23-24-25-26-28-30-32-34-38(42)39-36(35-40)37(41)33-31-29-27-10-8-6-4-2/h5,7,11-12,14-15,17-18,20-21,23-24,31,33,36-37,40-41H,3-4,6,8-10,13,16,19,22,25-30,32,34-35H2,1-2H3,(H,39,42)/b7-5-,12-11-,15-14-,18-17-,21-20-,24-23-,33-31+. The summed E-state index contributed by atoms with van der Waals surface area (Å²) in [6.45, 7) is 4.09. The van der Waals surface area contributed by atoms with Crippen LogP contribution < -0.4 is 5.32 Å². The molecular weight excluding hydrogens is 518 g/mol. The van der Waals surface area contributed by atoms with Crippen molar-refractivity contribution < 1.29 is 15.0 Å². The highest BCUT2D eigenvalue weighted by molar-refractivity contribution is 5.76. The summed E-state index contributed by atoms with van der Waals surface area (Å²) in [7, 11) is 0. The molecule has 0 aliphatic rings. The summed E-state index contributed by atoms with van der Waals surface area (Å²) in [5.74, 6) is -0.0991. The van der Waals surface area contributed by atoms with Crippen LogP contribution in [0.3, 0.4) is 0 Å². The van der Waals surface area contributed by atoms with Crippen molar-refractivity contribution in [3.63, 3.8) is 0 Å². The van der Waals surface area contributed by atoms with Crippen LogP contribution >= 0.6 is 0 Å². The van der Waals surface area contributed by atoms with Gasteiger partial charge in [-0.3, -0.25) is 4.79 Å². The zero-order valence-electron chi connectivity index (χ0n) is 27.0. The van der Waals surface area contributed by atoms with Gasteiger partial charge in [0.15, 0.2) is 0 Å². The summed E-state index contributed by atoms with van der Waals surface area (Å²) in [6.07, 6.45) is 48.1. The summed E-state index contributed by atoms with van der Waals surface area (Å²) >= 11 is 0. The van der Waals surface area contributed by atoms with Gasteiger partial charge < -0.3 is 15.5 Å². The topological polar surface area (TPSA) is 69.6 Å². The molecule has 42 heavy (non-hydrogen) atoms. The monoisotopic (exact) mass is 581 g/mol. The Labute approximate surface area is 259 Å². The summed E-state index contributed by atoms with van der Waals surface area (Å²) in [5.41, 5.74) is 0. The summed E-state index contributed by atoms with van der Waals surface area (Å²) < 4.78 is 0. The second-order valence-electron chi connectivity index (χ2n) is 10.8. The van der Waals surface area contributed by atoms with E-state index in [1.165, 1.54) is 25.7 Å². The molecule has 0 saturated carbocycles. The van der Waals surface area contributed by atoms with Crippen molar-refractivity contribution >= 4 is 5.91 Å². The van der Waals surface area contributed by atoms with E-state index in [-0.39, 0.29) is 12.5 Å². The van der Waals surface area contributed by atoms with Crippen LogP contribution in [-0.4, -0.2) is 34.9 Å². The Bertz CT molecular complexity index is 803. The highest BCUT2D eigenvalue weighted by atomic mass is 16.3. The second-order valence-corrected chi connectivity index (χ2v) is 10.8. The third kappa shape index (κ3) is 29.1. The quantitative estimate of drug-likeness (QED) is 0.0636. The average molecular weight is 582 g/mol. The van der Waals surface area contributed by atoms with Gasteiger partial charge in [0.1, 0.15) is 0 Å². The lowest BCUT2D eigenvalue weighted by Crippen LogP contribution is -2.45. The molecule has 2 atom stereocenters. The highest BCUT2D eigenvalue weighted by Crippen LogP contribution is 2.08. The van der Waals surface area contributed by atoms with E-state index in [9.17, 15) is 15.0 Å². The van der Waals surface area contributed by atoms with Gasteiger partial charge in [-0.2, -0.15) is 0 Å². The molecule has 0 heterocycles. The van der Waals surface area contributed by atoms with E-state index in [0.717, 1.165) is 83.5 Å². The minimum absolute atomic E-state index is 0.0991. The molecule has 0 rings (SSSR count). The number of amides is 1. The third-order valence-electron chi connectivity index (χ3n) is 6.88. The maximum Gasteiger partial charge on any atom is 0.220 e. The van der Waals surface area contributed by atoms with E-state index in [4.69, 9.17) is 0 Å². The van der Waals surface area contributed by atoms with E-state index >= 15 is 0 Å². The van der Waals surface area contributed by atoms with E-state index in [2.05, 4.69) is 92.1 Å². The maximum atomic E-state index is 12.2. The smallest absolute Gasteiger partial charge is 0.220 e. The van der Waals surface area contributed by atoms with Crippen LogP contribution in [-0.2, 0) is 4.79 Å². The summed E-state index contributed by atoms with van der Waals surface area (Å²) in [4.78, 5) is 12.2. The molecule has 0 aliphatic heterocycles. The molecule has 0 aromatic heterocycles. The lowest BCUT2D eigenvalue weighted by atomic mass is 10.1. The molecule has 0 aromatic rings. The first kappa shape index (κ1) is 39.6. The first-order valence-corrected chi connectivity index (χ1v) is 16.8. The molecule has 0 spiro atoms. The van der Waals surface area contributed by atoms with Crippen LogP contribution in [0.25, 0.3) is 0 Å². The summed E-state index contributed by atoms with van der Waals surface area (Å²) in [6, 6.07) is -0.637. The summed E-state index contributed by atoms with van der Waals surface area (Å²) in [5, 5.41) is 22.6. The number of hydrogen-bond acceptors (Lipinski definition) is 3. The zero-order chi connectivity index (χ0) is 30.8. The molecule has 4 heteroatoms. The van der Waals surface area contributed by atoms with E-state index < -0.39 is 12.1 Å². The number of allylic oxidation sites excluding steroid dienone is 13. The number of carbonyl (C=O) groups excluding carboxylic acids is 1. The molecule has 0 radical (unpaired) electrons. The number of nitrogens with one attached hydrogen (secondary N) is 1. The normalized spacial score (nSPS) is 14.3.